The lowest BCUT2D eigenvalue weighted by Crippen LogP contribution is -2.30. The number of carbonyl (C=O) groups is 2. The Kier molecular flexibility index (Phi) is 4.06. The Morgan fingerprint density at radius 2 is 1.56 bits per heavy atom. The number of ether oxygens (including phenoxy) is 1. The van der Waals surface area contributed by atoms with E-state index >= 15 is 0 Å². The highest BCUT2D eigenvalue weighted by Gasteiger charge is 2.47. The van der Waals surface area contributed by atoms with E-state index in [0.717, 1.165) is 0 Å². The minimum absolute atomic E-state index is 0.146. The monoisotopic (exact) mass is 353 g/mol. The third kappa shape index (κ3) is 2.83. The van der Waals surface area contributed by atoms with Crippen LogP contribution in [-0.2, 0) is 9.59 Å². The first-order valence-electron chi connectivity index (χ1n) is 8.20. The molecule has 2 aliphatic rings. The summed E-state index contributed by atoms with van der Waals surface area (Å²) in [6.07, 6.45) is 5.18. The number of imide groups is 1. The Morgan fingerprint density at radius 1 is 0.920 bits per heavy atom. The molecule has 4 nitrogen and oxygen atoms in total. The highest BCUT2D eigenvalue weighted by molar-refractivity contribution is 6.33. The van der Waals surface area contributed by atoms with Crippen LogP contribution in [0.5, 0.6) is 11.5 Å². The van der Waals surface area contributed by atoms with Gasteiger partial charge in [0.2, 0.25) is 11.8 Å². The summed E-state index contributed by atoms with van der Waals surface area (Å²) in [5, 5.41) is 0.356. The molecule has 1 aliphatic carbocycles. The number of para-hydroxylation sites is 1. The van der Waals surface area contributed by atoms with Crippen molar-refractivity contribution in [3.63, 3.8) is 0 Å². The van der Waals surface area contributed by atoms with Gasteiger partial charge in [0, 0.05) is 0 Å². The smallest absolute Gasteiger partial charge is 0.238 e. The molecule has 0 saturated carbocycles. The van der Waals surface area contributed by atoms with Crippen LogP contribution in [0, 0.1) is 11.8 Å². The summed E-state index contributed by atoms with van der Waals surface area (Å²) in [5.41, 5.74) is 0.495. The summed E-state index contributed by atoms with van der Waals surface area (Å²) in [5.74, 6) is 0.352. The molecule has 1 heterocycles. The molecule has 126 valence electrons. The molecule has 2 amide bonds. The molecule has 0 radical (unpaired) electrons. The second kappa shape index (κ2) is 6.37. The van der Waals surface area contributed by atoms with Crippen LogP contribution in [0.25, 0.3) is 0 Å². The molecule has 0 unspecified atom stereocenters. The zero-order valence-corrected chi connectivity index (χ0v) is 14.1. The van der Waals surface area contributed by atoms with Crippen LogP contribution >= 0.6 is 11.6 Å². The fraction of sp³-hybridized carbons (Fsp3) is 0.200. The van der Waals surface area contributed by atoms with Gasteiger partial charge in [0.15, 0.2) is 0 Å². The van der Waals surface area contributed by atoms with Gasteiger partial charge in [-0.1, -0.05) is 42.0 Å². The average molecular weight is 354 g/mol. The number of allylic oxidation sites excluding steroid dienone is 2. The fourth-order valence-corrected chi connectivity index (χ4v) is 3.60. The summed E-state index contributed by atoms with van der Waals surface area (Å²) in [4.78, 5) is 26.5. The molecule has 0 bridgehead atoms. The maximum absolute atomic E-state index is 12.6. The van der Waals surface area contributed by atoms with Crippen molar-refractivity contribution in [3.05, 3.63) is 65.7 Å². The second-order valence-corrected chi connectivity index (χ2v) is 6.60. The molecule has 2 atom stereocenters. The second-order valence-electron chi connectivity index (χ2n) is 6.20. The lowest BCUT2D eigenvalue weighted by molar-refractivity contribution is -0.122. The molecule has 2 aromatic rings. The quantitative estimate of drug-likeness (QED) is 0.599. The van der Waals surface area contributed by atoms with Gasteiger partial charge >= 0.3 is 0 Å². The number of nitrogens with zero attached hydrogens (tertiary/aromatic N) is 1. The average Bonchev–Trinajstić information content (AvgIpc) is 2.89. The molecule has 1 aliphatic heterocycles. The Hall–Kier alpha value is -2.59. The zero-order valence-electron chi connectivity index (χ0n) is 13.4. The van der Waals surface area contributed by atoms with E-state index in [1.54, 1.807) is 18.2 Å². The molecular formula is C20H16ClNO3. The summed E-state index contributed by atoms with van der Waals surface area (Å²) >= 11 is 6.32. The number of carbonyl (C=O) groups excluding carboxylic acids is 2. The highest BCUT2D eigenvalue weighted by atomic mass is 35.5. The van der Waals surface area contributed by atoms with Crippen LogP contribution in [0.1, 0.15) is 12.8 Å². The predicted octanol–water partition coefficient (Wildman–Crippen LogP) is 4.59. The number of rotatable bonds is 3. The number of anilines is 1. The van der Waals surface area contributed by atoms with Crippen LogP contribution in [0.4, 0.5) is 5.69 Å². The predicted molar refractivity (Wildman–Crippen MR) is 95.8 cm³/mol. The highest BCUT2D eigenvalue weighted by Crippen LogP contribution is 2.40. The van der Waals surface area contributed by atoms with E-state index < -0.39 is 0 Å². The maximum Gasteiger partial charge on any atom is 0.238 e. The first-order chi connectivity index (χ1) is 12.1. The van der Waals surface area contributed by atoms with Crippen molar-refractivity contribution in [2.45, 2.75) is 12.8 Å². The SMILES string of the molecule is O=C1[C@H]2CC=CC[C@@H]2C(=O)N1c1ccc(Oc2ccccc2)c(Cl)c1. The van der Waals surface area contributed by atoms with E-state index in [1.807, 2.05) is 42.5 Å². The third-order valence-corrected chi connectivity index (χ3v) is 4.95. The molecule has 1 saturated heterocycles. The number of benzene rings is 2. The van der Waals surface area contributed by atoms with Crippen LogP contribution in [0.2, 0.25) is 5.02 Å². The number of fused-ring (bicyclic) bond motifs is 1. The Bertz CT molecular complexity index is 836. The zero-order chi connectivity index (χ0) is 17.4. The van der Waals surface area contributed by atoms with Crippen LogP contribution in [-0.4, -0.2) is 11.8 Å². The summed E-state index contributed by atoms with van der Waals surface area (Å²) in [6, 6.07) is 14.3. The van der Waals surface area contributed by atoms with Crippen molar-refractivity contribution in [2.75, 3.05) is 4.90 Å². The van der Waals surface area contributed by atoms with Crippen molar-refractivity contribution in [1.29, 1.82) is 0 Å². The van der Waals surface area contributed by atoms with Gasteiger partial charge in [0.1, 0.15) is 11.5 Å². The van der Waals surface area contributed by atoms with Gasteiger partial charge in [-0.05, 0) is 43.2 Å². The van der Waals surface area contributed by atoms with Gasteiger partial charge in [-0.2, -0.15) is 0 Å². The normalized spacial score (nSPS) is 22.2. The Morgan fingerprint density at radius 3 is 2.16 bits per heavy atom. The molecule has 0 aromatic heterocycles. The van der Waals surface area contributed by atoms with Crippen molar-refractivity contribution < 1.29 is 14.3 Å². The minimum Gasteiger partial charge on any atom is -0.456 e. The van der Waals surface area contributed by atoms with Crippen LogP contribution in [0.15, 0.2) is 60.7 Å². The van der Waals surface area contributed by atoms with Gasteiger partial charge in [-0.25, -0.2) is 4.90 Å². The molecule has 0 N–H and O–H groups in total. The van der Waals surface area contributed by atoms with Crippen molar-refractivity contribution in [3.8, 4) is 11.5 Å². The molecule has 2 aromatic carbocycles. The first kappa shape index (κ1) is 15.9. The summed E-state index contributed by atoms with van der Waals surface area (Å²) in [7, 11) is 0. The molecular weight excluding hydrogens is 338 g/mol. The van der Waals surface area contributed by atoms with Gasteiger partial charge in [-0.15, -0.1) is 0 Å². The van der Waals surface area contributed by atoms with Gasteiger partial charge in [0.25, 0.3) is 0 Å². The van der Waals surface area contributed by atoms with E-state index in [9.17, 15) is 9.59 Å². The van der Waals surface area contributed by atoms with Crippen LogP contribution in [0.3, 0.4) is 0 Å². The molecule has 4 rings (SSSR count). The molecule has 5 heteroatoms. The fourth-order valence-electron chi connectivity index (χ4n) is 3.38. The van der Waals surface area contributed by atoms with Crippen molar-refractivity contribution in [2.24, 2.45) is 11.8 Å². The van der Waals surface area contributed by atoms with Gasteiger partial charge in [0.05, 0.1) is 22.5 Å². The van der Waals surface area contributed by atoms with Crippen molar-refractivity contribution in [1.82, 2.24) is 0 Å². The maximum atomic E-state index is 12.6. The van der Waals surface area contributed by atoms with E-state index in [0.29, 0.717) is 35.1 Å². The molecule has 25 heavy (non-hydrogen) atoms. The van der Waals surface area contributed by atoms with Gasteiger partial charge < -0.3 is 4.74 Å². The Labute approximate surface area is 150 Å². The summed E-state index contributed by atoms with van der Waals surface area (Å²) < 4.78 is 5.74. The Balaban J connectivity index is 1.60. The number of amides is 2. The van der Waals surface area contributed by atoms with E-state index in [-0.39, 0.29) is 23.7 Å². The van der Waals surface area contributed by atoms with E-state index in [2.05, 4.69) is 0 Å². The lowest BCUT2D eigenvalue weighted by atomic mass is 9.85. The van der Waals surface area contributed by atoms with Gasteiger partial charge in [-0.3, -0.25) is 9.59 Å². The number of hydrogen-bond acceptors (Lipinski definition) is 3. The topological polar surface area (TPSA) is 46.6 Å². The molecule has 1 fully saturated rings. The number of halogens is 1. The standard InChI is InChI=1S/C20H16ClNO3/c21-17-12-13(10-11-18(17)25-14-6-2-1-3-7-14)22-19(23)15-8-4-5-9-16(15)20(22)24/h1-7,10-12,15-16H,8-9H2/t15-,16-/m0/s1. The lowest BCUT2D eigenvalue weighted by Gasteiger charge is -2.16. The van der Waals surface area contributed by atoms with Crippen molar-refractivity contribution >= 4 is 29.1 Å². The molecule has 0 spiro atoms. The van der Waals surface area contributed by atoms with Crippen LogP contribution < -0.4 is 9.64 Å². The largest absolute Gasteiger partial charge is 0.456 e. The third-order valence-electron chi connectivity index (χ3n) is 4.65. The summed E-state index contributed by atoms with van der Waals surface area (Å²) in [6.45, 7) is 0. The first-order valence-corrected chi connectivity index (χ1v) is 8.58. The number of hydrogen-bond donors (Lipinski definition) is 0. The van der Waals surface area contributed by atoms with E-state index in [4.69, 9.17) is 16.3 Å². The minimum atomic E-state index is -0.253. The van der Waals surface area contributed by atoms with E-state index in [1.165, 1.54) is 4.90 Å².